The van der Waals surface area contributed by atoms with Crippen molar-refractivity contribution in [3.63, 3.8) is 0 Å². The highest BCUT2D eigenvalue weighted by atomic mass is 15.2. The zero-order chi connectivity index (χ0) is 13.2. The average Bonchev–Trinajstić information content (AvgIpc) is 2.32. The summed E-state index contributed by atoms with van der Waals surface area (Å²) in [6, 6.07) is 9.35. The minimum absolute atomic E-state index is 0.267. The van der Waals surface area contributed by atoms with Crippen molar-refractivity contribution < 1.29 is 0 Å². The Morgan fingerprint density at radius 3 is 2.28 bits per heavy atom. The highest BCUT2D eigenvalue weighted by molar-refractivity contribution is 5.30. The van der Waals surface area contributed by atoms with Crippen LogP contribution in [0, 0.1) is 12.3 Å². The van der Waals surface area contributed by atoms with Crippen LogP contribution in [0.2, 0.25) is 0 Å². The minimum atomic E-state index is 0.267. The van der Waals surface area contributed by atoms with Crippen LogP contribution in [0.25, 0.3) is 0 Å². The molecule has 0 aromatic heterocycles. The number of benzene rings is 1. The van der Waals surface area contributed by atoms with E-state index in [9.17, 15) is 0 Å². The van der Waals surface area contributed by atoms with Gasteiger partial charge in [0.2, 0.25) is 0 Å². The number of rotatable bonds is 2. The van der Waals surface area contributed by atoms with Gasteiger partial charge in [0.05, 0.1) is 0 Å². The summed E-state index contributed by atoms with van der Waals surface area (Å²) in [5.74, 6) is 0. The van der Waals surface area contributed by atoms with Crippen molar-refractivity contribution in [2.45, 2.75) is 33.7 Å². The van der Waals surface area contributed by atoms with Crippen LogP contribution in [0.15, 0.2) is 24.3 Å². The van der Waals surface area contributed by atoms with E-state index < -0.39 is 0 Å². The molecule has 2 rings (SSSR count). The van der Waals surface area contributed by atoms with Crippen molar-refractivity contribution in [1.82, 2.24) is 10.2 Å². The van der Waals surface area contributed by atoms with Crippen LogP contribution in [0.4, 0.5) is 0 Å². The molecule has 1 N–H and O–H groups in total. The minimum Gasteiger partial charge on any atom is -0.314 e. The SMILES string of the molecule is Cc1ccccc1[C@H](N1CCNCC1)C(C)(C)C. The maximum absolute atomic E-state index is 3.45. The van der Waals surface area contributed by atoms with Gasteiger partial charge in [0.25, 0.3) is 0 Å². The molecule has 0 aliphatic carbocycles. The molecule has 0 unspecified atom stereocenters. The Kier molecular flexibility index (Phi) is 4.08. The summed E-state index contributed by atoms with van der Waals surface area (Å²) < 4.78 is 0. The predicted octanol–water partition coefficient (Wildman–Crippen LogP) is 2.99. The summed E-state index contributed by atoms with van der Waals surface area (Å²) in [5.41, 5.74) is 3.17. The van der Waals surface area contributed by atoms with Gasteiger partial charge in [-0.3, -0.25) is 4.90 Å². The molecule has 1 atom stereocenters. The second-order valence-electron chi connectivity index (χ2n) is 6.41. The van der Waals surface area contributed by atoms with Gasteiger partial charge in [-0.2, -0.15) is 0 Å². The van der Waals surface area contributed by atoms with E-state index in [1.807, 2.05) is 0 Å². The van der Waals surface area contributed by atoms with Gasteiger partial charge >= 0.3 is 0 Å². The van der Waals surface area contributed by atoms with E-state index in [1.165, 1.54) is 11.1 Å². The molecule has 2 nitrogen and oxygen atoms in total. The maximum atomic E-state index is 3.45. The highest BCUT2D eigenvalue weighted by Gasteiger charge is 2.33. The molecule has 1 aromatic carbocycles. The second-order valence-corrected chi connectivity index (χ2v) is 6.41. The molecule has 1 heterocycles. The van der Waals surface area contributed by atoms with E-state index in [0.717, 1.165) is 26.2 Å². The molecule has 0 saturated carbocycles. The Hall–Kier alpha value is -0.860. The maximum Gasteiger partial charge on any atom is 0.0400 e. The summed E-state index contributed by atoms with van der Waals surface area (Å²) >= 11 is 0. The lowest BCUT2D eigenvalue weighted by Crippen LogP contribution is -2.48. The van der Waals surface area contributed by atoms with Crippen molar-refractivity contribution in [1.29, 1.82) is 0 Å². The highest BCUT2D eigenvalue weighted by Crippen LogP contribution is 2.39. The summed E-state index contributed by atoms with van der Waals surface area (Å²) in [7, 11) is 0. The van der Waals surface area contributed by atoms with Gasteiger partial charge in [-0.15, -0.1) is 0 Å². The normalized spacial score (nSPS) is 19.8. The Morgan fingerprint density at radius 2 is 1.72 bits per heavy atom. The number of nitrogens with zero attached hydrogens (tertiary/aromatic N) is 1. The molecule has 18 heavy (non-hydrogen) atoms. The smallest absolute Gasteiger partial charge is 0.0400 e. The third kappa shape index (κ3) is 2.93. The third-order valence-corrected chi connectivity index (χ3v) is 3.82. The zero-order valence-electron chi connectivity index (χ0n) is 12.2. The topological polar surface area (TPSA) is 15.3 Å². The fourth-order valence-corrected chi connectivity index (χ4v) is 3.04. The summed E-state index contributed by atoms with van der Waals surface area (Å²) in [6.45, 7) is 13.8. The van der Waals surface area contributed by atoms with Crippen molar-refractivity contribution in [3.05, 3.63) is 35.4 Å². The van der Waals surface area contributed by atoms with Gasteiger partial charge in [-0.05, 0) is 23.5 Å². The van der Waals surface area contributed by atoms with E-state index in [1.54, 1.807) is 0 Å². The van der Waals surface area contributed by atoms with E-state index >= 15 is 0 Å². The van der Waals surface area contributed by atoms with Gasteiger partial charge in [0.1, 0.15) is 0 Å². The van der Waals surface area contributed by atoms with Crippen LogP contribution in [-0.2, 0) is 0 Å². The van der Waals surface area contributed by atoms with Gasteiger partial charge in [-0.25, -0.2) is 0 Å². The summed E-state index contributed by atoms with van der Waals surface area (Å²) in [4.78, 5) is 2.64. The Balaban J connectivity index is 2.34. The molecule has 0 radical (unpaired) electrons. The number of hydrogen-bond acceptors (Lipinski definition) is 2. The summed E-state index contributed by atoms with van der Waals surface area (Å²) in [6.07, 6.45) is 0. The fraction of sp³-hybridized carbons (Fsp3) is 0.625. The van der Waals surface area contributed by atoms with Crippen LogP contribution in [-0.4, -0.2) is 31.1 Å². The molecular weight excluding hydrogens is 220 g/mol. The first-order valence-corrected chi connectivity index (χ1v) is 7.00. The molecule has 0 bridgehead atoms. The van der Waals surface area contributed by atoms with Crippen molar-refractivity contribution in [2.75, 3.05) is 26.2 Å². The Morgan fingerprint density at radius 1 is 1.11 bits per heavy atom. The quantitative estimate of drug-likeness (QED) is 0.863. The standard InChI is InChI=1S/C16H26N2/c1-13-7-5-6-8-14(13)15(16(2,3)4)18-11-9-17-10-12-18/h5-8,15,17H,9-12H2,1-4H3/t15-/m0/s1. The van der Waals surface area contributed by atoms with E-state index in [4.69, 9.17) is 0 Å². The molecule has 2 heteroatoms. The summed E-state index contributed by atoms with van der Waals surface area (Å²) in [5, 5.41) is 3.45. The van der Waals surface area contributed by atoms with Gasteiger partial charge in [-0.1, -0.05) is 45.0 Å². The lowest BCUT2D eigenvalue weighted by Gasteiger charge is -2.43. The first-order chi connectivity index (χ1) is 8.50. The molecule has 0 spiro atoms. The van der Waals surface area contributed by atoms with Crippen molar-refractivity contribution in [3.8, 4) is 0 Å². The molecule has 100 valence electrons. The Bertz CT molecular complexity index is 386. The Labute approximate surface area is 111 Å². The van der Waals surface area contributed by atoms with Gasteiger partial charge < -0.3 is 5.32 Å². The molecule has 1 aliphatic heterocycles. The van der Waals surface area contributed by atoms with Crippen LogP contribution < -0.4 is 5.32 Å². The molecule has 1 fully saturated rings. The monoisotopic (exact) mass is 246 g/mol. The number of nitrogens with one attached hydrogen (secondary N) is 1. The van der Waals surface area contributed by atoms with E-state index in [0.29, 0.717) is 6.04 Å². The van der Waals surface area contributed by atoms with Gasteiger partial charge in [0, 0.05) is 32.2 Å². The molecule has 0 amide bonds. The number of hydrogen-bond donors (Lipinski definition) is 1. The first-order valence-electron chi connectivity index (χ1n) is 7.00. The first kappa shape index (κ1) is 13.6. The molecule has 1 saturated heterocycles. The van der Waals surface area contributed by atoms with Crippen LogP contribution in [0.1, 0.15) is 37.9 Å². The van der Waals surface area contributed by atoms with Crippen LogP contribution in [0.3, 0.4) is 0 Å². The second kappa shape index (κ2) is 5.41. The fourth-order valence-electron chi connectivity index (χ4n) is 3.04. The lowest BCUT2D eigenvalue weighted by molar-refractivity contribution is 0.0857. The predicted molar refractivity (Wildman–Crippen MR) is 77.8 cm³/mol. The molecule has 1 aliphatic rings. The van der Waals surface area contributed by atoms with E-state index in [-0.39, 0.29) is 5.41 Å². The third-order valence-electron chi connectivity index (χ3n) is 3.82. The van der Waals surface area contributed by atoms with Crippen LogP contribution >= 0.6 is 0 Å². The largest absolute Gasteiger partial charge is 0.314 e. The van der Waals surface area contributed by atoms with Crippen molar-refractivity contribution >= 4 is 0 Å². The molecular formula is C16H26N2. The lowest BCUT2D eigenvalue weighted by atomic mass is 9.79. The number of aryl methyl sites for hydroxylation is 1. The van der Waals surface area contributed by atoms with Crippen LogP contribution in [0.5, 0.6) is 0 Å². The van der Waals surface area contributed by atoms with Gasteiger partial charge in [0.15, 0.2) is 0 Å². The van der Waals surface area contributed by atoms with Crippen molar-refractivity contribution in [2.24, 2.45) is 5.41 Å². The van der Waals surface area contributed by atoms with E-state index in [2.05, 4.69) is 62.2 Å². The average molecular weight is 246 g/mol. The molecule has 1 aromatic rings. The number of piperazine rings is 1. The zero-order valence-corrected chi connectivity index (χ0v) is 12.2.